The molecule has 0 aliphatic carbocycles. The van der Waals surface area contributed by atoms with E-state index in [2.05, 4.69) is 47.6 Å². The molecule has 3 heteroatoms. The Morgan fingerprint density at radius 2 is 1.52 bits per heavy atom. The number of benzene rings is 1. The second-order valence-electron chi connectivity index (χ2n) is 7.30. The summed E-state index contributed by atoms with van der Waals surface area (Å²) in [5.74, 6) is -0.181. The van der Waals surface area contributed by atoms with Crippen LogP contribution in [0.25, 0.3) is 0 Å². The van der Waals surface area contributed by atoms with Crippen molar-refractivity contribution >= 4 is 5.97 Å². The normalized spacial score (nSPS) is 12.7. The highest BCUT2D eigenvalue weighted by atomic mass is 16.5. The lowest BCUT2D eigenvalue weighted by Crippen LogP contribution is -2.16. The van der Waals surface area contributed by atoms with E-state index in [9.17, 15) is 4.79 Å². The van der Waals surface area contributed by atoms with Crippen LogP contribution in [-0.2, 0) is 15.6 Å². The molecule has 0 amide bonds. The van der Waals surface area contributed by atoms with E-state index < -0.39 is 5.97 Å². The molecule has 0 bridgehead atoms. The number of hydrogen-bond acceptors (Lipinski definition) is 2. The van der Waals surface area contributed by atoms with E-state index in [0.717, 1.165) is 11.8 Å². The van der Waals surface area contributed by atoms with Gasteiger partial charge in [-0.15, -0.1) is 0 Å². The minimum Gasteiger partial charge on any atom is -0.490 e. The van der Waals surface area contributed by atoms with Crippen molar-refractivity contribution in [3.8, 4) is 5.75 Å². The summed E-state index contributed by atoms with van der Waals surface area (Å²) in [6.45, 7) is 13.3. The average molecular weight is 290 g/mol. The van der Waals surface area contributed by atoms with Crippen LogP contribution in [0.3, 0.4) is 0 Å². The summed E-state index contributed by atoms with van der Waals surface area (Å²) in [5.41, 5.74) is 2.51. The first-order chi connectivity index (χ1) is 9.50. The van der Waals surface area contributed by atoms with Crippen molar-refractivity contribution in [2.24, 2.45) is 0 Å². The maximum absolute atomic E-state index is 10.4. The van der Waals surface area contributed by atoms with Gasteiger partial charge in [0.15, 0.2) is 0 Å². The van der Waals surface area contributed by atoms with Crippen LogP contribution in [0.4, 0.5) is 0 Å². The highest BCUT2D eigenvalue weighted by molar-refractivity contribution is 5.79. The zero-order chi connectivity index (χ0) is 16.3. The Morgan fingerprint density at radius 1 is 1.05 bits per heavy atom. The molecular weight excluding hydrogens is 264 g/mol. The quantitative estimate of drug-likeness (QED) is 0.841. The summed E-state index contributed by atoms with van der Waals surface area (Å²) in [6, 6.07) is 6.29. The summed E-state index contributed by atoms with van der Waals surface area (Å²) in [6.07, 6.45) is 2.60. The summed E-state index contributed by atoms with van der Waals surface area (Å²) in [5, 5.41) is 8.57. The first kappa shape index (κ1) is 17.3. The van der Waals surface area contributed by atoms with Crippen molar-refractivity contribution in [1.82, 2.24) is 0 Å². The predicted octanol–water partition coefficient (Wildman–Crippen LogP) is 4.30. The third-order valence-electron chi connectivity index (χ3n) is 3.25. The lowest BCUT2D eigenvalue weighted by atomic mass is 9.80. The fourth-order valence-corrected chi connectivity index (χ4v) is 1.84. The lowest BCUT2D eigenvalue weighted by Gasteiger charge is -2.26. The highest BCUT2D eigenvalue weighted by Gasteiger charge is 2.20. The Morgan fingerprint density at radius 3 is 1.90 bits per heavy atom. The molecule has 0 heterocycles. The van der Waals surface area contributed by atoms with Crippen LogP contribution in [-0.4, -0.2) is 17.7 Å². The Labute approximate surface area is 127 Å². The summed E-state index contributed by atoms with van der Waals surface area (Å²) >= 11 is 0. The summed E-state index contributed by atoms with van der Waals surface area (Å²) < 4.78 is 5.68. The topological polar surface area (TPSA) is 46.5 Å². The van der Waals surface area contributed by atoms with Gasteiger partial charge < -0.3 is 9.84 Å². The molecule has 116 valence electrons. The minimum atomic E-state index is -0.961. The van der Waals surface area contributed by atoms with Gasteiger partial charge in [0, 0.05) is 6.08 Å². The van der Waals surface area contributed by atoms with Crippen LogP contribution in [0.2, 0.25) is 0 Å². The number of carbonyl (C=O) groups is 1. The number of ether oxygens (including phenoxy) is 1. The van der Waals surface area contributed by atoms with Crippen molar-refractivity contribution in [2.75, 3.05) is 6.61 Å². The van der Waals surface area contributed by atoms with Gasteiger partial charge in [-0.1, -0.05) is 47.6 Å². The molecule has 21 heavy (non-hydrogen) atoms. The number of rotatable bonds is 4. The van der Waals surface area contributed by atoms with Gasteiger partial charge in [0.25, 0.3) is 0 Å². The molecule has 1 aromatic carbocycles. The molecule has 0 aromatic heterocycles. The Bertz CT molecular complexity index is 496. The largest absolute Gasteiger partial charge is 0.490 e. The molecule has 1 N–H and O–H groups in total. The molecule has 0 unspecified atom stereocenters. The highest BCUT2D eigenvalue weighted by Crippen LogP contribution is 2.32. The van der Waals surface area contributed by atoms with Gasteiger partial charge in [-0.05, 0) is 40.2 Å². The van der Waals surface area contributed by atoms with E-state index >= 15 is 0 Å². The molecular formula is C18H26O3. The van der Waals surface area contributed by atoms with E-state index in [1.807, 2.05) is 12.1 Å². The van der Waals surface area contributed by atoms with Crippen LogP contribution in [0.15, 0.2) is 30.4 Å². The van der Waals surface area contributed by atoms with Gasteiger partial charge in [-0.3, -0.25) is 0 Å². The molecule has 3 nitrogen and oxygen atoms in total. The number of hydrogen-bond donors (Lipinski definition) is 1. The average Bonchev–Trinajstić information content (AvgIpc) is 2.32. The van der Waals surface area contributed by atoms with E-state index in [4.69, 9.17) is 9.84 Å². The zero-order valence-electron chi connectivity index (χ0n) is 13.9. The monoisotopic (exact) mass is 290 g/mol. The van der Waals surface area contributed by atoms with Crippen molar-refractivity contribution in [1.29, 1.82) is 0 Å². The zero-order valence-corrected chi connectivity index (χ0v) is 13.9. The molecule has 0 saturated heterocycles. The Kier molecular flexibility index (Phi) is 5.21. The SMILES string of the molecule is CC(C)(C)c1cc(OCC=CC(=O)O)cc(C(C)(C)C)c1. The molecule has 1 rings (SSSR count). The van der Waals surface area contributed by atoms with Crippen molar-refractivity contribution in [2.45, 2.75) is 52.4 Å². The Hall–Kier alpha value is -1.77. The van der Waals surface area contributed by atoms with Crippen molar-refractivity contribution in [3.63, 3.8) is 0 Å². The first-order valence-corrected chi connectivity index (χ1v) is 7.18. The van der Waals surface area contributed by atoms with Gasteiger partial charge >= 0.3 is 5.97 Å². The number of carboxylic acids is 1. The maximum atomic E-state index is 10.4. The van der Waals surface area contributed by atoms with Crippen LogP contribution >= 0.6 is 0 Å². The third kappa shape index (κ3) is 5.62. The lowest BCUT2D eigenvalue weighted by molar-refractivity contribution is -0.131. The van der Waals surface area contributed by atoms with Crippen molar-refractivity contribution < 1.29 is 14.6 Å². The predicted molar refractivity (Wildman–Crippen MR) is 86.1 cm³/mol. The second-order valence-corrected chi connectivity index (χ2v) is 7.30. The maximum Gasteiger partial charge on any atom is 0.328 e. The molecule has 0 fully saturated rings. The minimum absolute atomic E-state index is 0.0380. The molecule has 1 aromatic rings. The summed E-state index contributed by atoms with van der Waals surface area (Å²) in [7, 11) is 0. The van der Waals surface area contributed by atoms with E-state index in [1.165, 1.54) is 17.2 Å². The van der Waals surface area contributed by atoms with Crippen LogP contribution in [0.1, 0.15) is 52.7 Å². The molecule has 0 saturated carbocycles. The van der Waals surface area contributed by atoms with Gasteiger partial charge in [0.05, 0.1) is 0 Å². The van der Waals surface area contributed by atoms with Gasteiger partial charge in [0.2, 0.25) is 0 Å². The van der Waals surface area contributed by atoms with Gasteiger partial charge in [0.1, 0.15) is 12.4 Å². The van der Waals surface area contributed by atoms with E-state index in [-0.39, 0.29) is 17.4 Å². The number of aliphatic carboxylic acids is 1. The van der Waals surface area contributed by atoms with Crippen LogP contribution < -0.4 is 4.74 Å². The van der Waals surface area contributed by atoms with E-state index in [1.54, 1.807) is 0 Å². The van der Waals surface area contributed by atoms with Gasteiger partial charge in [-0.2, -0.15) is 0 Å². The third-order valence-corrected chi connectivity index (χ3v) is 3.25. The molecule has 0 aliphatic heterocycles. The van der Waals surface area contributed by atoms with Crippen LogP contribution in [0, 0.1) is 0 Å². The summed E-state index contributed by atoms with van der Waals surface area (Å²) in [4.78, 5) is 10.4. The molecule has 0 atom stereocenters. The first-order valence-electron chi connectivity index (χ1n) is 7.18. The van der Waals surface area contributed by atoms with Gasteiger partial charge in [-0.25, -0.2) is 4.79 Å². The number of carboxylic acid groups (broad SMARTS) is 1. The fraction of sp³-hybridized carbons (Fsp3) is 0.500. The fourth-order valence-electron chi connectivity index (χ4n) is 1.84. The Balaban J connectivity index is 3.06. The standard InChI is InChI=1S/C18H26O3/c1-17(2,3)13-10-14(18(4,5)6)12-15(11-13)21-9-7-8-16(19)20/h7-8,10-12H,9H2,1-6H3,(H,19,20). The molecule has 0 aliphatic rings. The smallest absolute Gasteiger partial charge is 0.328 e. The van der Waals surface area contributed by atoms with Crippen LogP contribution in [0.5, 0.6) is 5.75 Å². The molecule has 0 spiro atoms. The molecule has 0 radical (unpaired) electrons. The second kappa shape index (κ2) is 6.33. The van der Waals surface area contributed by atoms with E-state index in [0.29, 0.717) is 0 Å². The van der Waals surface area contributed by atoms with Crippen molar-refractivity contribution in [3.05, 3.63) is 41.5 Å².